The molecule has 1 fully saturated rings. The van der Waals surface area contributed by atoms with E-state index in [0.29, 0.717) is 18.7 Å². The second kappa shape index (κ2) is 11.0. The van der Waals surface area contributed by atoms with Gasteiger partial charge in [-0.25, -0.2) is 0 Å². The minimum absolute atomic E-state index is 0.319. The molecule has 0 aliphatic heterocycles. The normalized spacial score (nSPS) is 14.1. The minimum Gasteiger partial charge on any atom is -0.497 e. The summed E-state index contributed by atoms with van der Waals surface area (Å²) in [4.78, 5) is 27.8. The Bertz CT molecular complexity index is 641. The first-order chi connectivity index (χ1) is 12.8. The van der Waals surface area contributed by atoms with E-state index >= 15 is 0 Å². The maximum Gasteiger partial charge on any atom is 0.324 e. The zero-order valence-electron chi connectivity index (χ0n) is 14.6. The number of hydrogen-bond acceptors (Lipinski definition) is 9. The number of phenolic OH excluding ortho intramolecular Hbond substituents is 1. The highest BCUT2D eigenvalue weighted by Gasteiger charge is 2.30. The SMILES string of the molecule is O=[N+]([O-])c1cc([N+](=O)[O-])c(O)c([N+](=O)[O-])c1.OCCCNC1CCCCC1. The largest absolute Gasteiger partial charge is 0.497 e. The lowest BCUT2D eigenvalue weighted by Gasteiger charge is -2.22. The van der Waals surface area contributed by atoms with Gasteiger partial charge in [-0.3, -0.25) is 30.3 Å². The first kappa shape index (κ1) is 22.2. The Balaban J connectivity index is 0.000000289. The third-order valence-electron chi connectivity index (χ3n) is 4.03. The second-order valence-corrected chi connectivity index (χ2v) is 5.97. The fourth-order valence-electron chi connectivity index (χ4n) is 2.67. The Kier molecular flexibility index (Phi) is 9.02. The van der Waals surface area contributed by atoms with Gasteiger partial charge in [-0.2, -0.15) is 0 Å². The molecule has 3 N–H and O–H groups in total. The Labute approximate surface area is 154 Å². The Hall–Kier alpha value is -2.86. The van der Waals surface area contributed by atoms with Crippen molar-refractivity contribution in [3.05, 3.63) is 42.5 Å². The van der Waals surface area contributed by atoms with Gasteiger partial charge in [0.2, 0.25) is 0 Å². The van der Waals surface area contributed by atoms with Gasteiger partial charge in [-0.1, -0.05) is 19.3 Å². The minimum atomic E-state index is -1.21. The number of nitrogens with zero attached hydrogens (tertiary/aromatic N) is 3. The first-order valence-electron chi connectivity index (χ1n) is 8.42. The van der Waals surface area contributed by atoms with Crippen molar-refractivity contribution < 1.29 is 25.0 Å². The molecule has 0 amide bonds. The lowest BCUT2D eigenvalue weighted by molar-refractivity contribution is -0.404. The van der Waals surface area contributed by atoms with Crippen molar-refractivity contribution >= 4 is 17.1 Å². The van der Waals surface area contributed by atoms with Crippen LogP contribution in [0.2, 0.25) is 0 Å². The molecule has 2 rings (SSSR count). The average Bonchev–Trinajstić information content (AvgIpc) is 2.63. The van der Waals surface area contributed by atoms with Gasteiger partial charge in [0.15, 0.2) is 0 Å². The maximum atomic E-state index is 10.4. The van der Waals surface area contributed by atoms with Gasteiger partial charge >= 0.3 is 11.4 Å². The first-order valence-corrected chi connectivity index (χ1v) is 8.42. The third kappa shape index (κ3) is 7.11. The molecule has 12 heteroatoms. The highest BCUT2D eigenvalue weighted by molar-refractivity contribution is 5.64. The van der Waals surface area contributed by atoms with E-state index < -0.39 is 37.6 Å². The Morgan fingerprint density at radius 3 is 1.89 bits per heavy atom. The van der Waals surface area contributed by atoms with E-state index in [9.17, 15) is 30.3 Å². The van der Waals surface area contributed by atoms with E-state index in [-0.39, 0.29) is 0 Å². The van der Waals surface area contributed by atoms with Crippen molar-refractivity contribution in [1.29, 1.82) is 0 Å². The molecule has 0 spiro atoms. The highest BCUT2D eigenvalue weighted by atomic mass is 16.6. The summed E-state index contributed by atoms with van der Waals surface area (Å²) in [6.45, 7) is 1.31. The van der Waals surface area contributed by atoms with E-state index in [0.717, 1.165) is 19.0 Å². The summed E-state index contributed by atoms with van der Waals surface area (Å²) in [6.07, 6.45) is 7.76. The summed E-state index contributed by atoms with van der Waals surface area (Å²) < 4.78 is 0. The molecule has 12 nitrogen and oxygen atoms in total. The molecule has 0 bridgehead atoms. The average molecular weight is 386 g/mol. The monoisotopic (exact) mass is 386 g/mol. The molecule has 1 aromatic carbocycles. The van der Waals surface area contributed by atoms with E-state index in [4.69, 9.17) is 10.2 Å². The molecule has 0 atom stereocenters. The lowest BCUT2D eigenvalue weighted by atomic mass is 9.95. The number of nitro groups is 3. The number of aliphatic hydroxyl groups is 1. The quantitative estimate of drug-likeness (QED) is 0.360. The van der Waals surface area contributed by atoms with Gasteiger partial charge in [0.25, 0.3) is 11.4 Å². The molecular weight excluding hydrogens is 364 g/mol. The fraction of sp³-hybridized carbons (Fsp3) is 0.600. The third-order valence-corrected chi connectivity index (χ3v) is 4.03. The van der Waals surface area contributed by atoms with E-state index in [1.807, 2.05) is 0 Å². The Morgan fingerprint density at radius 2 is 1.48 bits per heavy atom. The topological polar surface area (TPSA) is 182 Å². The van der Waals surface area contributed by atoms with Gasteiger partial charge < -0.3 is 15.5 Å². The molecule has 0 aromatic heterocycles. The molecule has 1 aliphatic rings. The number of aliphatic hydroxyl groups excluding tert-OH is 1. The van der Waals surface area contributed by atoms with Crippen LogP contribution < -0.4 is 5.32 Å². The van der Waals surface area contributed by atoms with Gasteiger partial charge in [0.1, 0.15) is 0 Å². The van der Waals surface area contributed by atoms with Crippen LogP contribution in [-0.2, 0) is 0 Å². The standard InChI is InChI=1S/C9H19NO.C6H3N3O7/c11-8-4-7-10-9-5-2-1-3-6-9;10-6-4(8(13)14)1-3(7(11)12)2-5(6)9(15)16/h9-11H,1-8H2;1-2,10H. The number of nitro benzene ring substituents is 3. The molecule has 1 aromatic rings. The number of benzene rings is 1. The molecule has 0 heterocycles. The number of hydrogen-bond donors (Lipinski definition) is 3. The van der Waals surface area contributed by atoms with Crippen molar-refractivity contribution in [3.63, 3.8) is 0 Å². The molecular formula is C15H22N4O8. The van der Waals surface area contributed by atoms with E-state index in [1.54, 1.807) is 0 Å². The second-order valence-electron chi connectivity index (χ2n) is 5.97. The molecule has 1 saturated carbocycles. The van der Waals surface area contributed by atoms with Crippen LogP contribution in [0.3, 0.4) is 0 Å². The lowest BCUT2D eigenvalue weighted by Crippen LogP contribution is -2.31. The summed E-state index contributed by atoms with van der Waals surface area (Å²) in [5.41, 5.74) is -3.00. The summed E-state index contributed by atoms with van der Waals surface area (Å²) in [5, 5.41) is 52.2. The van der Waals surface area contributed by atoms with Crippen LogP contribution in [-0.4, -0.2) is 44.2 Å². The Morgan fingerprint density at radius 1 is 0.963 bits per heavy atom. The summed E-state index contributed by atoms with van der Waals surface area (Å²) in [5.74, 6) is -1.21. The number of non-ortho nitro benzene ring substituents is 1. The zero-order valence-corrected chi connectivity index (χ0v) is 14.6. The molecule has 1 aliphatic carbocycles. The molecule has 0 saturated heterocycles. The van der Waals surface area contributed by atoms with Crippen LogP contribution in [0.5, 0.6) is 5.75 Å². The number of phenols is 1. The van der Waals surface area contributed by atoms with Crippen LogP contribution in [0.4, 0.5) is 17.1 Å². The molecule has 0 radical (unpaired) electrons. The van der Waals surface area contributed by atoms with Crippen LogP contribution in [0, 0.1) is 30.3 Å². The summed E-state index contributed by atoms with van der Waals surface area (Å²) >= 11 is 0. The van der Waals surface area contributed by atoms with Crippen LogP contribution >= 0.6 is 0 Å². The van der Waals surface area contributed by atoms with Crippen molar-refractivity contribution in [1.82, 2.24) is 5.32 Å². The van der Waals surface area contributed by atoms with Crippen molar-refractivity contribution in [2.45, 2.75) is 44.6 Å². The number of nitrogens with one attached hydrogen (secondary N) is 1. The zero-order chi connectivity index (χ0) is 20.4. The van der Waals surface area contributed by atoms with Gasteiger partial charge in [0.05, 0.1) is 26.9 Å². The predicted octanol–water partition coefficient (Wildman–Crippen LogP) is 2.41. The van der Waals surface area contributed by atoms with Crippen LogP contribution in [0.15, 0.2) is 12.1 Å². The smallest absolute Gasteiger partial charge is 0.324 e. The molecule has 0 unspecified atom stereocenters. The molecule has 150 valence electrons. The van der Waals surface area contributed by atoms with Crippen molar-refractivity contribution in [3.8, 4) is 5.75 Å². The summed E-state index contributed by atoms with van der Waals surface area (Å²) in [7, 11) is 0. The van der Waals surface area contributed by atoms with Crippen LogP contribution in [0.25, 0.3) is 0 Å². The summed E-state index contributed by atoms with van der Waals surface area (Å²) in [6, 6.07) is 1.64. The van der Waals surface area contributed by atoms with Crippen molar-refractivity contribution in [2.75, 3.05) is 13.2 Å². The maximum absolute atomic E-state index is 10.4. The van der Waals surface area contributed by atoms with Gasteiger partial charge in [-0.15, -0.1) is 0 Å². The number of aromatic hydroxyl groups is 1. The van der Waals surface area contributed by atoms with Crippen LogP contribution in [0.1, 0.15) is 38.5 Å². The van der Waals surface area contributed by atoms with E-state index in [2.05, 4.69) is 5.32 Å². The number of rotatable bonds is 7. The fourth-order valence-corrected chi connectivity index (χ4v) is 2.67. The molecule has 27 heavy (non-hydrogen) atoms. The van der Waals surface area contributed by atoms with E-state index in [1.165, 1.54) is 32.1 Å². The van der Waals surface area contributed by atoms with Gasteiger partial charge in [0, 0.05) is 12.6 Å². The predicted molar refractivity (Wildman–Crippen MR) is 94.6 cm³/mol. The van der Waals surface area contributed by atoms with Crippen molar-refractivity contribution in [2.24, 2.45) is 0 Å². The van der Waals surface area contributed by atoms with Gasteiger partial charge in [-0.05, 0) is 25.8 Å². The highest BCUT2D eigenvalue weighted by Crippen LogP contribution is 2.38.